The molecule has 1 aromatic rings. The number of hydrogen-bond donors (Lipinski definition) is 1. The van der Waals surface area contributed by atoms with Gasteiger partial charge in [0.2, 0.25) is 0 Å². The molecule has 114 valence electrons. The Labute approximate surface area is 125 Å². The predicted molar refractivity (Wildman–Crippen MR) is 80.1 cm³/mol. The maximum absolute atomic E-state index is 12.4. The first-order valence-corrected chi connectivity index (χ1v) is 7.20. The highest BCUT2D eigenvalue weighted by atomic mass is 16.4. The molecule has 1 aliphatic heterocycles. The molecule has 1 amide bonds. The number of aliphatic carboxylic acids is 1. The van der Waals surface area contributed by atoms with Crippen molar-refractivity contribution < 1.29 is 14.7 Å². The van der Waals surface area contributed by atoms with Gasteiger partial charge in [0.1, 0.15) is 0 Å². The van der Waals surface area contributed by atoms with Crippen LogP contribution in [-0.4, -0.2) is 54.0 Å². The number of benzene rings is 1. The summed E-state index contributed by atoms with van der Waals surface area (Å²) >= 11 is 0. The van der Waals surface area contributed by atoms with Crippen molar-refractivity contribution in [3.05, 3.63) is 35.4 Å². The molecule has 21 heavy (non-hydrogen) atoms. The number of carbonyl (C=O) groups is 2. The number of hydrogen-bond acceptors (Lipinski definition) is 3. The predicted octanol–water partition coefficient (Wildman–Crippen LogP) is 1.68. The SMILES string of the molecule is CN(C)Cc1ccc(C(=O)N2CCC(CC(=O)O)C2)cc1. The second kappa shape index (κ2) is 6.72. The van der Waals surface area contributed by atoms with Crippen molar-refractivity contribution in [1.82, 2.24) is 9.80 Å². The number of carboxylic acids is 1. The van der Waals surface area contributed by atoms with Crippen molar-refractivity contribution in [3.63, 3.8) is 0 Å². The second-order valence-electron chi connectivity index (χ2n) is 5.94. The lowest BCUT2D eigenvalue weighted by molar-refractivity contribution is -0.138. The standard InChI is InChI=1S/C16H22N2O3/c1-17(2)10-12-3-5-14(6-4-12)16(21)18-8-7-13(11-18)9-15(19)20/h3-6,13H,7-11H2,1-2H3,(H,19,20). The van der Waals surface area contributed by atoms with E-state index >= 15 is 0 Å². The number of amides is 1. The summed E-state index contributed by atoms with van der Waals surface area (Å²) < 4.78 is 0. The molecule has 1 unspecified atom stereocenters. The van der Waals surface area contributed by atoms with Gasteiger partial charge >= 0.3 is 5.97 Å². The molecule has 0 aromatic heterocycles. The first-order chi connectivity index (χ1) is 9.95. The van der Waals surface area contributed by atoms with Crippen LogP contribution in [0.3, 0.4) is 0 Å². The molecule has 1 N–H and O–H groups in total. The van der Waals surface area contributed by atoms with Gasteiger partial charge in [-0.3, -0.25) is 9.59 Å². The van der Waals surface area contributed by atoms with Crippen molar-refractivity contribution in [2.45, 2.75) is 19.4 Å². The fourth-order valence-electron chi connectivity index (χ4n) is 2.73. The molecule has 5 heteroatoms. The minimum atomic E-state index is -0.790. The number of nitrogens with zero attached hydrogens (tertiary/aromatic N) is 2. The third-order valence-corrected chi connectivity index (χ3v) is 3.74. The van der Waals surface area contributed by atoms with E-state index in [1.165, 1.54) is 5.56 Å². The summed E-state index contributed by atoms with van der Waals surface area (Å²) in [6, 6.07) is 7.65. The summed E-state index contributed by atoms with van der Waals surface area (Å²) in [5.74, 6) is -0.707. The third-order valence-electron chi connectivity index (χ3n) is 3.74. The monoisotopic (exact) mass is 290 g/mol. The highest BCUT2D eigenvalue weighted by Crippen LogP contribution is 2.21. The first-order valence-electron chi connectivity index (χ1n) is 7.20. The second-order valence-corrected chi connectivity index (χ2v) is 5.94. The van der Waals surface area contributed by atoms with Crippen molar-refractivity contribution >= 4 is 11.9 Å². The van der Waals surface area contributed by atoms with Gasteiger partial charge in [-0.15, -0.1) is 0 Å². The van der Waals surface area contributed by atoms with Crippen LogP contribution in [0.15, 0.2) is 24.3 Å². The fraction of sp³-hybridized carbons (Fsp3) is 0.500. The topological polar surface area (TPSA) is 60.9 Å². The van der Waals surface area contributed by atoms with Crippen LogP contribution in [0.25, 0.3) is 0 Å². The zero-order chi connectivity index (χ0) is 15.4. The van der Waals surface area contributed by atoms with Crippen LogP contribution in [-0.2, 0) is 11.3 Å². The molecule has 0 saturated carbocycles. The number of likely N-dealkylation sites (tertiary alicyclic amines) is 1. The Balaban J connectivity index is 1.96. The van der Waals surface area contributed by atoms with Gasteiger partial charge in [0, 0.05) is 31.6 Å². The van der Waals surface area contributed by atoms with Crippen LogP contribution in [0.4, 0.5) is 0 Å². The van der Waals surface area contributed by atoms with Crippen LogP contribution < -0.4 is 0 Å². The summed E-state index contributed by atoms with van der Waals surface area (Å²) in [6.45, 7) is 2.04. The van der Waals surface area contributed by atoms with E-state index in [1.807, 2.05) is 38.4 Å². The van der Waals surface area contributed by atoms with Crippen LogP contribution >= 0.6 is 0 Å². The van der Waals surface area contributed by atoms with Gasteiger partial charge in [-0.25, -0.2) is 0 Å². The molecule has 1 saturated heterocycles. The largest absolute Gasteiger partial charge is 0.481 e. The number of carbonyl (C=O) groups excluding carboxylic acids is 1. The Morgan fingerprint density at radius 1 is 1.29 bits per heavy atom. The van der Waals surface area contributed by atoms with Gasteiger partial charge in [0.15, 0.2) is 0 Å². The lowest BCUT2D eigenvalue weighted by atomic mass is 10.1. The van der Waals surface area contributed by atoms with E-state index in [0.29, 0.717) is 18.7 Å². The highest BCUT2D eigenvalue weighted by molar-refractivity contribution is 5.94. The Morgan fingerprint density at radius 3 is 2.52 bits per heavy atom. The molecule has 1 heterocycles. The molecule has 1 fully saturated rings. The summed E-state index contributed by atoms with van der Waals surface area (Å²) in [4.78, 5) is 26.9. The van der Waals surface area contributed by atoms with Crippen molar-refractivity contribution in [2.75, 3.05) is 27.2 Å². The van der Waals surface area contributed by atoms with Gasteiger partial charge in [-0.1, -0.05) is 12.1 Å². The van der Waals surface area contributed by atoms with E-state index < -0.39 is 5.97 Å². The molecule has 0 radical (unpaired) electrons. The Hall–Kier alpha value is -1.88. The molecule has 1 aromatic carbocycles. The van der Waals surface area contributed by atoms with E-state index in [9.17, 15) is 9.59 Å². The number of carboxylic acid groups (broad SMARTS) is 1. The summed E-state index contributed by atoms with van der Waals surface area (Å²) in [5, 5.41) is 8.81. The van der Waals surface area contributed by atoms with Gasteiger partial charge in [0.25, 0.3) is 5.91 Å². The molecular weight excluding hydrogens is 268 g/mol. The zero-order valence-electron chi connectivity index (χ0n) is 12.6. The molecule has 1 atom stereocenters. The van der Waals surface area contributed by atoms with E-state index in [0.717, 1.165) is 13.0 Å². The highest BCUT2D eigenvalue weighted by Gasteiger charge is 2.28. The van der Waals surface area contributed by atoms with Gasteiger partial charge < -0.3 is 14.9 Å². The molecule has 2 rings (SSSR count). The minimum Gasteiger partial charge on any atom is -0.481 e. The molecule has 0 bridgehead atoms. The van der Waals surface area contributed by atoms with Gasteiger partial charge in [0.05, 0.1) is 0 Å². The van der Waals surface area contributed by atoms with Crippen LogP contribution in [0, 0.1) is 5.92 Å². The Bertz CT molecular complexity index is 511. The van der Waals surface area contributed by atoms with Crippen molar-refractivity contribution in [1.29, 1.82) is 0 Å². The Morgan fingerprint density at radius 2 is 1.95 bits per heavy atom. The fourth-order valence-corrected chi connectivity index (χ4v) is 2.73. The summed E-state index contributed by atoms with van der Waals surface area (Å²) in [6.07, 6.45) is 0.919. The zero-order valence-corrected chi connectivity index (χ0v) is 12.6. The van der Waals surface area contributed by atoms with E-state index in [4.69, 9.17) is 5.11 Å². The third kappa shape index (κ3) is 4.29. The van der Waals surface area contributed by atoms with Gasteiger partial charge in [-0.05, 0) is 44.1 Å². The molecule has 1 aliphatic rings. The van der Waals surface area contributed by atoms with Gasteiger partial charge in [-0.2, -0.15) is 0 Å². The lowest BCUT2D eigenvalue weighted by Gasteiger charge is -2.17. The van der Waals surface area contributed by atoms with E-state index in [2.05, 4.69) is 4.90 Å². The molecule has 0 spiro atoms. The normalized spacial score (nSPS) is 18.2. The summed E-state index contributed by atoms with van der Waals surface area (Å²) in [7, 11) is 4.01. The molecule has 5 nitrogen and oxygen atoms in total. The first kappa shape index (κ1) is 15.5. The average molecular weight is 290 g/mol. The van der Waals surface area contributed by atoms with Crippen molar-refractivity contribution in [3.8, 4) is 0 Å². The van der Waals surface area contributed by atoms with E-state index in [1.54, 1.807) is 4.90 Å². The molecule has 0 aliphatic carbocycles. The molecular formula is C16H22N2O3. The van der Waals surface area contributed by atoms with Crippen LogP contribution in [0.5, 0.6) is 0 Å². The summed E-state index contributed by atoms with van der Waals surface area (Å²) in [5.41, 5.74) is 1.84. The minimum absolute atomic E-state index is 0.000656. The average Bonchev–Trinajstić information content (AvgIpc) is 2.85. The maximum atomic E-state index is 12.4. The van der Waals surface area contributed by atoms with Crippen LogP contribution in [0.2, 0.25) is 0 Å². The lowest BCUT2D eigenvalue weighted by Crippen LogP contribution is -2.29. The maximum Gasteiger partial charge on any atom is 0.303 e. The number of rotatable bonds is 5. The quantitative estimate of drug-likeness (QED) is 0.896. The smallest absolute Gasteiger partial charge is 0.303 e. The van der Waals surface area contributed by atoms with Crippen LogP contribution in [0.1, 0.15) is 28.8 Å². The van der Waals surface area contributed by atoms with E-state index in [-0.39, 0.29) is 18.2 Å². The Kier molecular flexibility index (Phi) is 4.96. The van der Waals surface area contributed by atoms with Crippen molar-refractivity contribution in [2.24, 2.45) is 5.92 Å².